The molecule has 12 heavy (non-hydrogen) atoms. The molecule has 0 spiro atoms. The van der Waals surface area contributed by atoms with Gasteiger partial charge in [-0.1, -0.05) is 13.8 Å². The zero-order valence-corrected chi connectivity index (χ0v) is 7.71. The minimum Gasteiger partial charge on any atom is -0.347 e. The number of hydrogen-bond donors (Lipinski definition) is 0. The Kier molecular flexibility index (Phi) is 3.23. The lowest BCUT2D eigenvalue weighted by atomic mass is 10.1. The van der Waals surface area contributed by atoms with E-state index in [1.54, 1.807) is 0 Å². The molecule has 1 atom stereocenters. The van der Waals surface area contributed by atoms with Gasteiger partial charge in [0.15, 0.2) is 5.79 Å². The van der Waals surface area contributed by atoms with E-state index in [1.165, 1.54) is 0 Å². The van der Waals surface area contributed by atoms with Crippen LogP contribution in [0.4, 0.5) is 0 Å². The first-order valence-corrected chi connectivity index (χ1v) is 4.51. The van der Waals surface area contributed by atoms with Gasteiger partial charge in [0.05, 0.1) is 12.7 Å². The molecule has 0 bridgehead atoms. The van der Waals surface area contributed by atoms with Crippen LogP contribution in [0.15, 0.2) is 0 Å². The van der Waals surface area contributed by atoms with Gasteiger partial charge in [-0.2, -0.15) is 0 Å². The van der Waals surface area contributed by atoms with Crippen molar-refractivity contribution in [2.75, 3.05) is 6.61 Å². The van der Waals surface area contributed by atoms with E-state index in [-0.39, 0.29) is 6.10 Å². The van der Waals surface area contributed by atoms with Gasteiger partial charge in [0.25, 0.3) is 0 Å². The van der Waals surface area contributed by atoms with Crippen molar-refractivity contribution in [2.45, 2.75) is 45.0 Å². The highest BCUT2D eigenvalue weighted by Gasteiger charge is 2.37. The summed E-state index contributed by atoms with van der Waals surface area (Å²) in [6, 6.07) is 0. The maximum atomic E-state index is 10.2. The number of carbonyl (C=O) groups is 1. The largest absolute Gasteiger partial charge is 0.347 e. The molecule has 1 fully saturated rings. The fraction of sp³-hybridized carbons (Fsp3) is 0.889. The quantitative estimate of drug-likeness (QED) is 0.603. The molecule has 0 amide bonds. The third kappa shape index (κ3) is 1.84. The highest BCUT2D eigenvalue weighted by Crippen LogP contribution is 2.30. The highest BCUT2D eigenvalue weighted by molar-refractivity contribution is 5.50. The van der Waals surface area contributed by atoms with Crippen LogP contribution in [-0.2, 0) is 14.3 Å². The lowest BCUT2D eigenvalue weighted by molar-refractivity contribution is -0.172. The molecule has 1 saturated heterocycles. The van der Waals surface area contributed by atoms with Crippen molar-refractivity contribution in [2.24, 2.45) is 0 Å². The second-order valence-electron chi connectivity index (χ2n) is 3.07. The summed E-state index contributed by atoms with van der Waals surface area (Å²) in [7, 11) is 0. The van der Waals surface area contributed by atoms with Gasteiger partial charge in [-0.05, 0) is 12.8 Å². The predicted molar refractivity (Wildman–Crippen MR) is 44.8 cm³/mol. The van der Waals surface area contributed by atoms with Crippen LogP contribution in [0.1, 0.15) is 33.1 Å². The first-order valence-electron chi connectivity index (χ1n) is 4.51. The normalized spacial score (nSPS) is 27.3. The summed E-state index contributed by atoms with van der Waals surface area (Å²) in [5, 5.41) is 0. The smallest absolute Gasteiger partial charge is 0.168 e. The fourth-order valence-corrected chi connectivity index (χ4v) is 1.46. The van der Waals surface area contributed by atoms with Gasteiger partial charge < -0.3 is 14.3 Å². The topological polar surface area (TPSA) is 35.5 Å². The molecule has 0 saturated carbocycles. The van der Waals surface area contributed by atoms with Crippen LogP contribution >= 0.6 is 0 Å². The Morgan fingerprint density at radius 2 is 2.17 bits per heavy atom. The summed E-state index contributed by atoms with van der Waals surface area (Å²) >= 11 is 0. The molecule has 0 unspecified atom stereocenters. The Morgan fingerprint density at radius 1 is 1.50 bits per heavy atom. The van der Waals surface area contributed by atoms with Crippen molar-refractivity contribution in [3.05, 3.63) is 0 Å². The van der Waals surface area contributed by atoms with E-state index in [1.807, 2.05) is 13.8 Å². The molecule has 70 valence electrons. The molecular weight excluding hydrogens is 156 g/mol. The van der Waals surface area contributed by atoms with E-state index in [4.69, 9.17) is 9.47 Å². The minimum absolute atomic E-state index is 0.0256. The minimum atomic E-state index is -0.409. The third-order valence-corrected chi connectivity index (χ3v) is 2.35. The molecule has 1 rings (SSSR count). The Hall–Kier alpha value is -0.410. The van der Waals surface area contributed by atoms with E-state index in [2.05, 4.69) is 0 Å². The molecule has 0 radical (unpaired) electrons. The molecule has 0 aromatic carbocycles. The Morgan fingerprint density at radius 3 is 2.58 bits per heavy atom. The summed E-state index contributed by atoms with van der Waals surface area (Å²) in [4.78, 5) is 10.2. The van der Waals surface area contributed by atoms with Crippen molar-refractivity contribution >= 4 is 6.29 Å². The van der Waals surface area contributed by atoms with E-state index in [0.717, 1.165) is 19.1 Å². The average molecular weight is 172 g/mol. The van der Waals surface area contributed by atoms with Gasteiger partial charge in [-0.15, -0.1) is 0 Å². The molecule has 0 aromatic rings. The first kappa shape index (κ1) is 9.68. The molecule has 0 aromatic heterocycles. The van der Waals surface area contributed by atoms with Crippen LogP contribution in [0.2, 0.25) is 0 Å². The molecule has 1 aliphatic heterocycles. The molecule has 3 heteroatoms. The molecule has 0 aliphatic carbocycles. The molecule has 1 heterocycles. The number of hydrogen-bond acceptors (Lipinski definition) is 3. The second-order valence-corrected chi connectivity index (χ2v) is 3.07. The Labute approximate surface area is 73.0 Å². The van der Waals surface area contributed by atoms with E-state index >= 15 is 0 Å². The van der Waals surface area contributed by atoms with Crippen molar-refractivity contribution < 1.29 is 14.3 Å². The van der Waals surface area contributed by atoms with Gasteiger partial charge in [-0.25, -0.2) is 0 Å². The number of rotatable bonds is 4. The van der Waals surface area contributed by atoms with Crippen LogP contribution in [0.25, 0.3) is 0 Å². The zero-order chi connectivity index (χ0) is 9.03. The highest BCUT2D eigenvalue weighted by atomic mass is 16.7. The van der Waals surface area contributed by atoms with E-state index in [9.17, 15) is 4.79 Å². The first-order chi connectivity index (χ1) is 5.76. The van der Waals surface area contributed by atoms with Gasteiger partial charge >= 0.3 is 0 Å². The van der Waals surface area contributed by atoms with Crippen molar-refractivity contribution in [3.8, 4) is 0 Å². The monoisotopic (exact) mass is 172 g/mol. The lowest BCUT2D eigenvalue weighted by Gasteiger charge is -2.24. The van der Waals surface area contributed by atoms with Crippen molar-refractivity contribution in [1.29, 1.82) is 0 Å². The number of aldehydes is 1. The maximum Gasteiger partial charge on any atom is 0.168 e. The average Bonchev–Trinajstić information content (AvgIpc) is 2.50. The van der Waals surface area contributed by atoms with E-state index < -0.39 is 5.79 Å². The lowest BCUT2D eigenvalue weighted by Crippen LogP contribution is -2.28. The number of ether oxygens (including phenoxy) is 2. The third-order valence-electron chi connectivity index (χ3n) is 2.35. The van der Waals surface area contributed by atoms with Crippen LogP contribution in [0, 0.1) is 0 Å². The van der Waals surface area contributed by atoms with Crippen LogP contribution in [0.3, 0.4) is 0 Å². The molecule has 3 nitrogen and oxygen atoms in total. The van der Waals surface area contributed by atoms with Crippen LogP contribution in [0.5, 0.6) is 0 Å². The molecular formula is C9H16O3. The van der Waals surface area contributed by atoms with Crippen LogP contribution < -0.4 is 0 Å². The van der Waals surface area contributed by atoms with E-state index in [0.29, 0.717) is 13.0 Å². The van der Waals surface area contributed by atoms with Crippen molar-refractivity contribution in [1.82, 2.24) is 0 Å². The van der Waals surface area contributed by atoms with Gasteiger partial charge in [0, 0.05) is 6.42 Å². The summed E-state index contributed by atoms with van der Waals surface area (Å²) in [6.45, 7) is 4.62. The maximum absolute atomic E-state index is 10.2. The summed E-state index contributed by atoms with van der Waals surface area (Å²) in [5.41, 5.74) is 0. The Bertz CT molecular complexity index is 152. The zero-order valence-electron chi connectivity index (χ0n) is 7.71. The Balaban J connectivity index is 2.46. The molecule has 1 aliphatic rings. The summed E-state index contributed by atoms with van der Waals surface area (Å²) < 4.78 is 11.2. The van der Waals surface area contributed by atoms with Gasteiger partial charge in [0.2, 0.25) is 0 Å². The van der Waals surface area contributed by atoms with Crippen molar-refractivity contribution in [3.63, 3.8) is 0 Å². The number of carbonyl (C=O) groups excluding carboxylic acids is 1. The summed E-state index contributed by atoms with van der Waals surface area (Å²) in [5.74, 6) is -0.409. The SMILES string of the molecule is CCC1(CC)OC[C@H](CC=O)O1. The van der Waals surface area contributed by atoms with Gasteiger partial charge in [0.1, 0.15) is 6.29 Å². The van der Waals surface area contributed by atoms with Gasteiger partial charge in [-0.3, -0.25) is 0 Å². The predicted octanol–water partition coefficient (Wildman–Crippen LogP) is 1.51. The summed E-state index contributed by atoms with van der Waals surface area (Å²) in [6.07, 6.45) is 3.00. The standard InChI is InChI=1S/C9H16O3/c1-3-9(4-2)11-7-8(12-9)5-6-10/h6,8H,3-5,7H2,1-2H3/t8-/m0/s1. The van der Waals surface area contributed by atoms with Crippen LogP contribution in [-0.4, -0.2) is 24.8 Å². The second kappa shape index (κ2) is 4.01. The fourth-order valence-electron chi connectivity index (χ4n) is 1.46. The molecule has 0 N–H and O–H groups in total.